The summed E-state index contributed by atoms with van der Waals surface area (Å²) < 4.78 is 15.4. The minimum Gasteiger partial charge on any atom is -0.364 e. The first kappa shape index (κ1) is 21.9. The fourth-order valence-electron chi connectivity index (χ4n) is 4.08. The van der Waals surface area contributed by atoms with E-state index in [9.17, 15) is 4.39 Å². The molecule has 2 aromatic carbocycles. The van der Waals surface area contributed by atoms with Crippen LogP contribution in [-0.2, 0) is 6.54 Å². The average Bonchev–Trinajstić information content (AvgIpc) is 3.34. The van der Waals surface area contributed by atoms with Crippen molar-refractivity contribution in [2.75, 3.05) is 36.4 Å². The van der Waals surface area contributed by atoms with Crippen LogP contribution in [0.3, 0.4) is 0 Å². The molecule has 0 aliphatic carbocycles. The van der Waals surface area contributed by atoms with Crippen molar-refractivity contribution in [1.82, 2.24) is 19.5 Å². The number of piperazine rings is 1. The quantitative estimate of drug-likeness (QED) is 0.444. The molecule has 0 atom stereocenters. The maximum absolute atomic E-state index is 13.5. The lowest BCUT2D eigenvalue weighted by atomic mass is 10.1. The number of hydrogen-bond acceptors (Lipinski definition) is 6. The molecule has 0 bridgehead atoms. The topological polar surface area (TPSA) is 48.7 Å². The summed E-state index contributed by atoms with van der Waals surface area (Å²) in [5, 5.41) is 9.48. The average molecular weight is 465 g/mol. The van der Waals surface area contributed by atoms with Crippen LogP contribution in [0.4, 0.5) is 15.3 Å². The molecule has 33 heavy (non-hydrogen) atoms. The lowest BCUT2D eigenvalue weighted by Gasteiger charge is -2.34. The highest BCUT2D eigenvalue weighted by atomic mass is 32.1. The van der Waals surface area contributed by atoms with Gasteiger partial charge in [-0.15, -0.1) is 5.10 Å². The monoisotopic (exact) mass is 464 g/mol. The van der Waals surface area contributed by atoms with E-state index in [-0.39, 0.29) is 11.4 Å². The number of fused-ring (bicyclic) bond motifs is 1. The highest BCUT2D eigenvalue weighted by Crippen LogP contribution is 2.35. The molecular weight excluding hydrogens is 435 g/mol. The van der Waals surface area contributed by atoms with Crippen molar-refractivity contribution in [1.29, 1.82) is 0 Å². The van der Waals surface area contributed by atoms with Gasteiger partial charge in [0.1, 0.15) is 11.5 Å². The molecule has 1 fully saturated rings. The van der Waals surface area contributed by atoms with Gasteiger partial charge in [0.2, 0.25) is 10.1 Å². The Morgan fingerprint density at radius 2 is 1.67 bits per heavy atom. The molecule has 1 aliphatic heterocycles. The number of halogens is 1. The zero-order valence-electron chi connectivity index (χ0n) is 19.3. The van der Waals surface area contributed by atoms with E-state index in [1.165, 1.54) is 17.7 Å². The zero-order chi connectivity index (χ0) is 23.0. The summed E-state index contributed by atoms with van der Waals surface area (Å²) in [5.41, 5.74) is 2.85. The molecule has 6 nitrogen and oxygen atoms in total. The summed E-state index contributed by atoms with van der Waals surface area (Å²) in [6.07, 6.45) is 0. The Morgan fingerprint density at radius 1 is 0.970 bits per heavy atom. The normalized spacial score (nSPS) is 15.3. The van der Waals surface area contributed by atoms with Gasteiger partial charge < -0.3 is 10.2 Å². The molecule has 5 rings (SSSR count). The molecule has 1 aliphatic rings. The molecule has 0 unspecified atom stereocenters. The first-order valence-electron chi connectivity index (χ1n) is 11.3. The molecule has 172 valence electrons. The Kier molecular flexibility index (Phi) is 5.80. The standard InChI is InChI=1S/C25H29FN6S/c1-25(2,3)28-22-21(19-9-11-20(26)12-10-19)27-23-32(22)29-24(33-23)31-15-13-30(14-16-31)17-18-7-5-4-6-8-18/h4-12,28H,13-17H2,1-3H3. The van der Waals surface area contributed by atoms with E-state index in [1.54, 1.807) is 23.5 Å². The Hall–Kier alpha value is -2.97. The van der Waals surface area contributed by atoms with Crippen LogP contribution in [0.2, 0.25) is 0 Å². The number of benzene rings is 2. The molecule has 0 spiro atoms. The molecular formula is C25H29FN6S. The van der Waals surface area contributed by atoms with E-state index in [0.717, 1.165) is 59.9 Å². The van der Waals surface area contributed by atoms with E-state index in [0.29, 0.717) is 0 Å². The third-order valence-corrected chi connectivity index (χ3v) is 6.66. The molecule has 1 saturated heterocycles. The second-order valence-electron chi connectivity index (χ2n) is 9.52. The lowest BCUT2D eigenvalue weighted by Crippen LogP contribution is -2.46. The van der Waals surface area contributed by atoms with E-state index in [2.05, 4.69) is 66.2 Å². The number of aromatic nitrogens is 3. The Labute approximate surface area is 197 Å². The summed E-state index contributed by atoms with van der Waals surface area (Å²) in [4.78, 5) is 10.6. The Bertz CT molecular complexity index is 1220. The molecule has 0 radical (unpaired) electrons. The van der Waals surface area contributed by atoms with Crippen molar-refractivity contribution < 1.29 is 4.39 Å². The zero-order valence-corrected chi connectivity index (χ0v) is 20.1. The van der Waals surface area contributed by atoms with Crippen LogP contribution in [0.15, 0.2) is 54.6 Å². The molecule has 8 heteroatoms. The third kappa shape index (κ3) is 4.86. The van der Waals surface area contributed by atoms with Crippen LogP contribution in [0, 0.1) is 5.82 Å². The Morgan fingerprint density at radius 3 is 2.33 bits per heavy atom. The number of hydrogen-bond donors (Lipinski definition) is 1. The van der Waals surface area contributed by atoms with E-state index in [4.69, 9.17) is 10.1 Å². The second kappa shape index (κ2) is 8.76. The smallest absolute Gasteiger partial charge is 0.216 e. The lowest BCUT2D eigenvalue weighted by molar-refractivity contribution is 0.249. The van der Waals surface area contributed by atoms with Crippen molar-refractivity contribution in [3.05, 3.63) is 66.0 Å². The van der Waals surface area contributed by atoms with Crippen molar-refractivity contribution in [3.8, 4) is 11.3 Å². The van der Waals surface area contributed by atoms with Gasteiger partial charge in [-0.2, -0.15) is 4.52 Å². The Balaban J connectivity index is 1.38. The summed E-state index contributed by atoms with van der Waals surface area (Å²) >= 11 is 1.60. The molecule has 4 aromatic rings. The first-order chi connectivity index (χ1) is 15.9. The number of nitrogens with zero attached hydrogens (tertiary/aromatic N) is 5. The van der Waals surface area contributed by atoms with Gasteiger partial charge in [0.05, 0.1) is 0 Å². The van der Waals surface area contributed by atoms with E-state index in [1.807, 2.05) is 4.52 Å². The maximum Gasteiger partial charge on any atom is 0.216 e. The van der Waals surface area contributed by atoms with Gasteiger partial charge in [0, 0.05) is 43.8 Å². The van der Waals surface area contributed by atoms with Crippen molar-refractivity contribution in [2.24, 2.45) is 0 Å². The van der Waals surface area contributed by atoms with Gasteiger partial charge in [0.25, 0.3) is 0 Å². The van der Waals surface area contributed by atoms with Crippen LogP contribution in [0.25, 0.3) is 16.2 Å². The molecule has 0 amide bonds. The van der Waals surface area contributed by atoms with Gasteiger partial charge in [-0.1, -0.05) is 41.7 Å². The minimum absolute atomic E-state index is 0.169. The fourth-order valence-corrected chi connectivity index (χ4v) is 5.03. The van der Waals surface area contributed by atoms with Gasteiger partial charge in [-0.3, -0.25) is 4.90 Å². The summed E-state index contributed by atoms with van der Waals surface area (Å²) in [6.45, 7) is 11.2. The highest BCUT2D eigenvalue weighted by molar-refractivity contribution is 7.20. The molecule has 1 N–H and O–H groups in total. The predicted molar refractivity (Wildman–Crippen MR) is 134 cm³/mol. The van der Waals surface area contributed by atoms with Gasteiger partial charge in [-0.05, 0) is 50.6 Å². The van der Waals surface area contributed by atoms with Gasteiger partial charge in [0.15, 0.2) is 5.82 Å². The minimum atomic E-state index is -0.253. The first-order valence-corrected chi connectivity index (χ1v) is 12.1. The number of rotatable bonds is 5. The van der Waals surface area contributed by atoms with Gasteiger partial charge in [-0.25, -0.2) is 9.37 Å². The summed E-state index contributed by atoms with van der Waals surface area (Å²) in [6, 6.07) is 17.1. The van der Waals surface area contributed by atoms with Crippen LogP contribution < -0.4 is 10.2 Å². The fraction of sp³-hybridized carbons (Fsp3) is 0.360. The second-order valence-corrected chi connectivity index (χ2v) is 10.5. The van der Waals surface area contributed by atoms with Crippen LogP contribution in [0.5, 0.6) is 0 Å². The highest BCUT2D eigenvalue weighted by Gasteiger charge is 2.25. The van der Waals surface area contributed by atoms with Crippen LogP contribution in [-0.4, -0.2) is 51.2 Å². The summed E-state index contributed by atoms with van der Waals surface area (Å²) in [7, 11) is 0. The number of imidazole rings is 1. The molecule has 3 heterocycles. The van der Waals surface area contributed by atoms with Gasteiger partial charge >= 0.3 is 0 Å². The third-order valence-electron chi connectivity index (χ3n) is 5.70. The van der Waals surface area contributed by atoms with Crippen molar-refractivity contribution in [3.63, 3.8) is 0 Å². The largest absolute Gasteiger partial charge is 0.364 e. The summed E-state index contributed by atoms with van der Waals surface area (Å²) in [5.74, 6) is 0.589. The number of anilines is 2. The van der Waals surface area contributed by atoms with Crippen LogP contribution in [0.1, 0.15) is 26.3 Å². The molecule has 2 aromatic heterocycles. The van der Waals surface area contributed by atoms with Crippen molar-refractivity contribution >= 4 is 27.2 Å². The SMILES string of the molecule is CC(C)(C)Nc1c(-c2ccc(F)cc2)nc2sc(N3CCN(Cc4ccccc4)CC3)nn12. The maximum atomic E-state index is 13.5. The van der Waals surface area contributed by atoms with E-state index < -0.39 is 0 Å². The van der Waals surface area contributed by atoms with Crippen molar-refractivity contribution in [2.45, 2.75) is 32.9 Å². The number of nitrogens with one attached hydrogen (secondary N) is 1. The predicted octanol–water partition coefficient (Wildman–Crippen LogP) is 5.13. The van der Waals surface area contributed by atoms with Crippen LogP contribution >= 0.6 is 11.3 Å². The van der Waals surface area contributed by atoms with E-state index >= 15 is 0 Å². The molecule has 0 saturated carbocycles.